The summed E-state index contributed by atoms with van der Waals surface area (Å²) < 4.78 is 18.8. The Morgan fingerprint density at radius 3 is 2.50 bits per heavy atom. The third-order valence-electron chi connectivity index (χ3n) is 4.67. The topological polar surface area (TPSA) is 158 Å². The molecular formula is C20H33BFN5O5. The van der Waals surface area contributed by atoms with Crippen LogP contribution in [0.2, 0.25) is 0 Å². The number of nitrogens with zero attached hydrogens (tertiary/aromatic N) is 1. The van der Waals surface area contributed by atoms with Crippen LogP contribution in [0.25, 0.3) is 0 Å². The highest BCUT2D eigenvalue weighted by Gasteiger charge is 2.30. The van der Waals surface area contributed by atoms with Crippen molar-refractivity contribution < 1.29 is 28.8 Å². The number of aliphatic imine (C=N–C) groups is 1. The standard InChI is InChI=1S/C20H33BFN5O5/c1-12(2)10-17(21(30)31)27-19(29)15(6-5-9-25-20(23)24-3)26-18(28)13-7-8-16(32-4)14(22)11-13/h7-8,11-12,15,17,30-31H,5-6,9-10H2,1-4H3,(H,26,28)(H,27,29)(H3,23,24,25)/t15-,17-/m0/s1. The van der Waals surface area contributed by atoms with Gasteiger partial charge >= 0.3 is 7.12 Å². The summed E-state index contributed by atoms with van der Waals surface area (Å²) in [6, 6.07) is 2.72. The monoisotopic (exact) mass is 453 g/mol. The molecule has 0 radical (unpaired) electrons. The van der Waals surface area contributed by atoms with E-state index in [1.807, 2.05) is 13.8 Å². The number of nitrogens with two attached hydrogens (primary N) is 1. The Morgan fingerprint density at radius 2 is 1.97 bits per heavy atom. The fraction of sp³-hybridized carbons (Fsp3) is 0.550. The number of guanidine groups is 1. The third kappa shape index (κ3) is 9.10. The average molecular weight is 453 g/mol. The van der Waals surface area contributed by atoms with E-state index in [0.717, 1.165) is 6.07 Å². The lowest BCUT2D eigenvalue weighted by atomic mass is 9.75. The Labute approximate surface area is 188 Å². The molecule has 0 aliphatic rings. The normalized spacial score (nSPS) is 13.3. The predicted molar refractivity (Wildman–Crippen MR) is 121 cm³/mol. The van der Waals surface area contributed by atoms with Crippen molar-refractivity contribution in [1.82, 2.24) is 16.0 Å². The van der Waals surface area contributed by atoms with Crippen LogP contribution in [-0.4, -0.2) is 67.6 Å². The second-order valence-electron chi connectivity index (χ2n) is 7.71. The van der Waals surface area contributed by atoms with E-state index in [2.05, 4.69) is 20.9 Å². The van der Waals surface area contributed by atoms with Crippen molar-refractivity contribution in [2.75, 3.05) is 20.7 Å². The molecule has 0 unspecified atom stereocenters. The summed E-state index contributed by atoms with van der Waals surface area (Å²) in [6.45, 7) is 4.16. The van der Waals surface area contributed by atoms with Crippen LogP contribution >= 0.6 is 0 Å². The van der Waals surface area contributed by atoms with E-state index in [4.69, 9.17) is 10.5 Å². The Hall–Kier alpha value is -2.86. The SMILES string of the molecule is CN=C(N)NCCC[C@H](NC(=O)c1ccc(OC)c(F)c1)C(=O)N[C@@H](CC(C)C)B(O)O. The molecule has 0 bridgehead atoms. The van der Waals surface area contributed by atoms with Gasteiger partial charge in [-0.2, -0.15) is 0 Å². The summed E-state index contributed by atoms with van der Waals surface area (Å²) in [5.74, 6) is -2.52. The molecule has 0 aromatic heterocycles. The smallest absolute Gasteiger partial charge is 0.475 e. The lowest BCUT2D eigenvalue weighted by Crippen LogP contribution is -2.54. The number of methoxy groups -OCH3 is 1. The van der Waals surface area contributed by atoms with Gasteiger partial charge in [-0.05, 0) is 43.4 Å². The molecule has 1 aromatic rings. The van der Waals surface area contributed by atoms with Crippen molar-refractivity contribution in [3.63, 3.8) is 0 Å². The molecule has 7 N–H and O–H groups in total. The highest BCUT2D eigenvalue weighted by molar-refractivity contribution is 6.43. The Morgan fingerprint density at radius 1 is 1.28 bits per heavy atom. The molecule has 0 saturated heterocycles. The van der Waals surface area contributed by atoms with Gasteiger partial charge < -0.3 is 36.5 Å². The summed E-state index contributed by atoms with van der Waals surface area (Å²) in [6.07, 6.45) is 0.997. The van der Waals surface area contributed by atoms with Crippen LogP contribution in [0.5, 0.6) is 5.75 Å². The fourth-order valence-corrected chi connectivity index (χ4v) is 2.97. The molecule has 1 rings (SSSR count). The highest BCUT2D eigenvalue weighted by Crippen LogP contribution is 2.18. The first kappa shape index (κ1) is 27.2. The van der Waals surface area contributed by atoms with Crippen LogP contribution in [0.15, 0.2) is 23.2 Å². The summed E-state index contributed by atoms with van der Waals surface area (Å²) in [7, 11) is 1.09. The molecule has 10 nitrogen and oxygen atoms in total. The van der Waals surface area contributed by atoms with Gasteiger partial charge in [0.15, 0.2) is 17.5 Å². The lowest BCUT2D eigenvalue weighted by molar-refractivity contribution is -0.123. The van der Waals surface area contributed by atoms with Gasteiger partial charge in [-0.25, -0.2) is 4.39 Å². The van der Waals surface area contributed by atoms with E-state index in [9.17, 15) is 24.0 Å². The number of benzene rings is 1. The molecular weight excluding hydrogens is 420 g/mol. The van der Waals surface area contributed by atoms with Crippen molar-refractivity contribution in [3.8, 4) is 5.75 Å². The minimum absolute atomic E-state index is 0.00875. The maximum atomic E-state index is 14.0. The number of carbonyl (C=O) groups is 2. The van der Waals surface area contributed by atoms with Gasteiger partial charge in [-0.1, -0.05) is 13.8 Å². The number of nitrogens with one attached hydrogen (secondary N) is 3. The molecule has 0 heterocycles. The Kier molecular flexibility index (Phi) is 11.5. The van der Waals surface area contributed by atoms with Gasteiger partial charge in [-0.3, -0.25) is 14.6 Å². The van der Waals surface area contributed by atoms with Gasteiger partial charge in [0.05, 0.1) is 13.1 Å². The van der Waals surface area contributed by atoms with E-state index in [0.29, 0.717) is 19.4 Å². The van der Waals surface area contributed by atoms with Crippen LogP contribution in [0.3, 0.4) is 0 Å². The molecule has 1 aromatic carbocycles. The minimum atomic E-state index is -1.75. The summed E-state index contributed by atoms with van der Waals surface area (Å²) in [5, 5.41) is 27.2. The predicted octanol–water partition coefficient (Wildman–Crippen LogP) is -0.210. The van der Waals surface area contributed by atoms with E-state index in [1.54, 1.807) is 0 Å². The maximum Gasteiger partial charge on any atom is 0.475 e. The Balaban J connectivity index is 2.93. The average Bonchev–Trinajstić information content (AvgIpc) is 2.74. The first-order chi connectivity index (χ1) is 15.1. The van der Waals surface area contributed by atoms with E-state index in [-0.39, 0.29) is 29.6 Å². The van der Waals surface area contributed by atoms with Crippen molar-refractivity contribution in [3.05, 3.63) is 29.6 Å². The number of hydrogen-bond acceptors (Lipinski definition) is 6. The molecule has 2 atom stereocenters. The molecule has 12 heteroatoms. The number of carbonyl (C=O) groups excluding carboxylic acids is 2. The molecule has 32 heavy (non-hydrogen) atoms. The van der Waals surface area contributed by atoms with Gasteiger partial charge in [-0.15, -0.1) is 0 Å². The van der Waals surface area contributed by atoms with E-state index >= 15 is 0 Å². The van der Waals surface area contributed by atoms with Crippen molar-refractivity contribution in [2.24, 2.45) is 16.6 Å². The van der Waals surface area contributed by atoms with Crippen LogP contribution in [0.4, 0.5) is 4.39 Å². The number of rotatable bonds is 12. The quantitative estimate of drug-likeness (QED) is 0.111. The summed E-state index contributed by atoms with van der Waals surface area (Å²) in [5.41, 5.74) is 5.59. The Bertz CT molecular complexity index is 794. The largest absolute Gasteiger partial charge is 0.494 e. The third-order valence-corrected chi connectivity index (χ3v) is 4.67. The van der Waals surface area contributed by atoms with Gasteiger partial charge in [0.25, 0.3) is 5.91 Å². The number of halogens is 1. The molecule has 0 saturated carbocycles. The molecule has 2 amide bonds. The van der Waals surface area contributed by atoms with E-state index in [1.165, 1.54) is 26.3 Å². The number of amides is 2. The lowest BCUT2D eigenvalue weighted by Gasteiger charge is -2.24. The second-order valence-corrected chi connectivity index (χ2v) is 7.71. The van der Waals surface area contributed by atoms with Gasteiger partial charge in [0, 0.05) is 19.2 Å². The minimum Gasteiger partial charge on any atom is -0.494 e. The molecule has 0 spiro atoms. The number of hydrogen-bond donors (Lipinski definition) is 6. The van der Waals surface area contributed by atoms with Crippen LogP contribution in [0.1, 0.15) is 43.5 Å². The maximum absolute atomic E-state index is 14.0. The first-order valence-electron chi connectivity index (χ1n) is 10.4. The zero-order chi connectivity index (χ0) is 24.3. The van der Waals surface area contributed by atoms with Crippen molar-refractivity contribution in [1.29, 1.82) is 0 Å². The zero-order valence-corrected chi connectivity index (χ0v) is 18.9. The van der Waals surface area contributed by atoms with Gasteiger partial charge in [0.2, 0.25) is 5.91 Å². The summed E-state index contributed by atoms with van der Waals surface area (Å²) in [4.78, 5) is 29.3. The summed E-state index contributed by atoms with van der Waals surface area (Å²) >= 11 is 0. The van der Waals surface area contributed by atoms with Crippen molar-refractivity contribution in [2.45, 2.75) is 45.1 Å². The second kappa shape index (κ2) is 13.5. The first-order valence-corrected chi connectivity index (χ1v) is 10.4. The molecule has 0 aliphatic carbocycles. The van der Waals surface area contributed by atoms with Crippen LogP contribution < -0.4 is 26.4 Å². The van der Waals surface area contributed by atoms with Gasteiger partial charge in [0.1, 0.15) is 6.04 Å². The number of ether oxygens (including phenoxy) is 1. The molecule has 0 aliphatic heterocycles. The van der Waals surface area contributed by atoms with Crippen LogP contribution in [0, 0.1) is 11.7 Å². The molecule has 0 fully saturated rings. The van der Waals surface area contributed by atoms with Crippen molar-refractivity contribution >= 4 is 24.9 Å². The fourth-order valence-electron chi connectivity index (χ4n) is 2.97. The zero-order valence-electron chi connectivity index (χ0n) is 18.9. The van der Waals surface area contributed by atoms with E-state index < -0.39 is 36.7 Å². The highest BCUT2D eigenvalue weighted by atomic mass is 19.1. The van der Waals surface area contributed by atoms with Crippen LogP contribution in [-0.2, 0) is 4.79 Å². The molecule has 178 valence electrons.